The molecule has 26 heavy (non-hydrogen) atoms. The Kier molecular flexibility index (Phi) is 5.82. The Morgan fingerprint density at radius 1 is 1.38 bits per heavy atom. The molecule has 2 atom stereocenters. The van der Waals surface area contributed by atoms with Gasteiger partial charge in [0, 0.05) is 45.8 Å². The van der Waals surface area contributed by atoms with Crippen LogP contribution < -0.4 is 10.2 Å². The zero-order valence-corrected chi connectivity index (χ0v) is 15.6. The number of carbonyl (C=O) groups is 1. The van der Waals surface area contributed by atoms with Crippen LogP contribution in [0, 0.1) is 5.92 Å². The molecular formula is C18H26N6O2. The Hall–Kier alpha value is -2.48. The molecule has 0 unspecified atom stereocenters. The van der Waals surface area contributed by atoms with Crippen molar-refractivity contribution in [3.63, 3.8) is 0 Å². The van der Waals surface area contributed by atoms with Gasteiger partial charge in [-0.05, 0) is 25.8 Å². The van der Waals surface area contributed by atoms with E-state index in [1.807, 2.05) is 35.8 Å². The maximum absolute atomic E-state index is 12.8. The summed E-state index contributed by atoms with van der Waals surface area (Å²) in [6.07, 6.45) is 6.75. The van der Waals surface area contributed by atoms with Gasteiger partial charge in [0.25, 0.3) is 0 Å². The van der Waals surface area contributed by atoms with Gasteiger partial charge in [0.15, 0.2) is 0 Å². The van der Waals surface area contributed by atoms with Crippen molar-refractivity contribution in [1.82, 2.24) is 24.8 Å². The molecule has 1 amide bonds. The molecule has 1 saturated heterocycles. The quantitative estimate of drug-likeness (QED) is 0.843. The Morgan fingerprint density at radius 3 is 3.00 bits per heavy atom. The van der Waals surface area contributed by atoms with E-state index in [1.54, 1.807) is 12.4 Å². The van der Waals surface area contributed by atoms with Gasteiger partial charge in [0.2, 0.25) is 11.9 Å². The van der Waals surface area contributed by atoms with Gasteiger partial charge in [0.1, 0.15) is 11.9 Å². The number of nitrogens with zero attached hydrogens (tertiary/aromatic N) is 5. The number of carbonyl (C=O) groups excluding carboxylic acids is 1. The molecule has 3 rings (SSSR count). The number of hydrogen-bond acceptors (Lipinski definition) is 6. The first kappa shape index (κ1) is 18.3. The second-order valence-corrected chi connectivity index (χ2v) is 6.57. The molecule has 1 fully saturated rings. The van der Waals surface area contributed by atoms with Crippen molar-refractivity contribution in [3.05, 3.63) is 36.2 Å². The molecule has 0 bridgehead atoms. The number of rotatable bonds is 6. The normalized spacial score (nSPS) is 20.0. The van der Waals surface area contributed by atoms with Crippen molar-refractivity contribution in [2.45, 2.75) is 39.0 Å². The van der Waals surface area contributed by atoms with Gasteiger partial charge in [-0.15, -0.1) is 0 Å². The molecule has 1 aliphatic heterocycles. The number of hydrogen-bond donors (Lipinski definition) is 1. The first-order valence-electron chi connectivity index (χ1n) is 8.99. The van der Waals surface area contributed by atoms with Crippen LogP contribution in [0.2, 0.25) is 0 Å². The van der Waals surface area contributed by atoms with Gasteiger partial charge in [-0.1, -0.05) is 0 Å². The van der Waals surface area contributed by atoms with E-state index in [4.69, 9.17) is 4.74 Å². The van der Waals surface area contributed by atoms with E-state index in [0.717, 1.165) is 30.9 Å². The molecule has 0 aromatic carbocycles. The van der Waals surface area contributed by atoms with Gasteiger partial charge < -0.3 is 19.5 Å². The molecule has 1 aliphatic rings. The average Bonchev–Trinajstić information content (AvgIpc) is 3.15. The van der Waals surface area contributed by atoms with Crippen molar-refractivity contribution in [3.8, 4) is 0 Å². The highest BCUT2D eigenvalue weighted by Crippen LogP contribution is 2.33. The summed E-state index contributed by atoms with van der Waals surface area (Å²) in [5, 5.41) is 3.00. The molecule has 8 nitrogen and oxygen atoms in total. The third kappa shape index (κ3) is 4.01. The summed E-state index contributed by atoms with van der Waals surface area (Å²) in [7, 11) is 3.77. The van der Waals surface area contributed by atoms with Crippen LogP contribution in [0.5, 0.6) is 0 Å². The van der Waals surface area contributed by atoms with Crippen LogP contribution in [-0.2, 0) is 22.6 Å². The molecule has 1 N–H and O–H groups in total. The number of anilines is 1. The fourth-order valence-electron chi connectivity index (χ4n) is 3.16. The van der Waals surface area contributed by atoms with Gasteiger partial charge in [-0.25, -0.2) is 15.0 Å². The highest BCUT2D eigenvalue weighted by molar-refractivity contribution is 5.79. The highest BCUT2D eigenvalue weighted by atomic mass is 16.5. The van der Waals surface area contributed by atoms with E-state index in [-0.39, 0.29) is 17.9 Å². The van der Waals surface area contributed by atoms with Crippen molar-refractivity contribution in [2.24, 2.45) is 5.92 Å². The minimum atomic E-state index is -0.304. The Labute approximate surface area is 153 Å². The molecule has 0 spiro atoms. The summed E-state index contributed by atoms with van der Waals surface area (Å²) >= 11 is 0. The van der Waals surface area contributed by atoms with Gasteiger partial charge in [-0.3, -0.25) is 4.79 Å². The van der Waals surface area contributed by atoms with Crippen LogP contribution in [-0.4, -0.2) is 46.1 Å². The minimum absolute atomic E-state index is 0.0228. The van der Waals surface area contributed by atoms with E-state index in [2.05, 4.69) is 27.2 Å². The molecule has 2 aromatic rings. The van der Waals surface area contributed by atoms with Crippen LogP contribution in [0.1, 0.15) is 37.4 Å². The predicted molar refractivity (Wildman–Crippen MR) is 97.5 cm³/mol. The summed E-state index contributed by atoms with van der Waals surface area (Å²) in [6.45, 7) is 3.88. The molecular weight excluding hydrogens is 332 g/mol. The SMILES string of the molecule is CCn1ccnc1[C@@H]1OCCC[C@H]1C(=O)NCc1ccnc(N(C)C)n1. The lowest BCUT2D eigenvalue weighted by atomic mass is 9.92. The van der Waals surface area contributed by atoms with E-state index in [0.29, 0.717) is 19.1 Å². The Bertz CT molecular complexity index is 745. The molecule has 0 radical (unpaired) electrons. The van der Waals surface area contributed by atoms with Crippen LogP contribution in [0.4, 0.5) is 5.95 Å². The fraction of sp³-hybridized carbons (Fsp3) is 0.556. The second-order valence-electron chi connectivity index (χ2n) is 6.57. The number of amides is 1. The standard InChI is InChI=1S/C18H26N6O2/c1-4-24-10-9-19-16(24)15-14(6-5-11-26-15)17(25)21-12-13-7-8-20-18(22-13)23(2)3/h7-10,14-15H,4-6,11-12H2,1-3H3,(H,21,25)/t14-,15-/m1/s1. The zero-order valence-electron chi connectivity index (χ0n) is 15.6. The third-order valence-corrected chi connectivity index (χ3v) is 4.55. The zero-order chi connectivity index (χ0) is 18.5. The smallest absolute Gasteiger partial charge is 0.226 e. The van der Waals surface area contributed by atoms with Crippen LogP contribution in [0.3, 0.4) is 0 Å². The molecule has 8 heteroatoms. The number of imidazole rings is 1. The maximum atomic E-state index is 12.8. The number of aromatic nitrogens is 4. The molecule has 140 valence electrons. The lowest BCUT2D eigenvalue weighted by Crippen LogP contribution is -2.38. The first-order valence-corrected chi connectivity index (χ1v) is 8.99. The molecule has 3 heterocycles. The summed E-state index contributed by atoms with van der Waals surface area (Å²) in [6, 6.07) is 1.81. The monoisotopic (exact) mass is 358 g/mol. The van der Waals surface area contributed by atoms with Crippen LogP contribution >= 0.6 is 0 Å². The summed E-state index contributed by atoms with van der Waals surface area (Å²) in [5.74, 6) is 1.18. The number of nitrogens with one attached hydrogen (secondary N) is 1. The van der Waals surface area contributed by atoms with Crippen LogP contribution in [0.25, 0.3) is 0 Å². The molecule has 2 aromatic heterocycles. The van der Waals surface area contributed by atoms with Crippen LogP contribution in [0.15, 0.2) is 24.7 Å². The average molecular weight is 358 g/mol. The predicted octanol–water partition coefficient (Wildman–Crippen LogP) is 1.54. The third-order valence-electron chi connectivity index (χ3n) is 4.55. The fourth-order valence-corrected chi connectivity index (χ4v) is 3.16. The lowest BCUT2D eigenvalue weighted by Gasteiger charge is -2.30. The topological polar surface area (TPSA) is 85.2 Å². The summed E-state index contributed by atoms with van der Waals surface area (Å²) in [5.41, 5.74) is 0.778. The Balaban J connectivity index is 1.68. The highest BCUT2D eigenvalue weighted by Gasteiger charge is 2.35. The second kappa shape index (κ2) is 8.27. The van der Waals surface area contributed by atoms with E-state index >= 15 is 0 Å². The van der Waals surface area contributed by atoms with Gasteiger partial charge in [0.05, 0.1) is 18.2 Å². The molecule has 0 aliphatic carbocycles. The molecule has 0 saturated carbocycles. The van der Waals surface area contributed by atoms with E-state index in [1.165, 1.54) is 0 Å². The van der Waals surface area contributed by atoms with Gasteiger partial charge in [-0.2, -0.15) is 0 Å². The maximum Gasteiger partial charge on any atom is 0.226 e. The van der Waals surface area contributed by atoms with Crippen molar-refractivity contribution in [1.29, 1.82) is 0 Å². The summed E-state index contributed by atoms with van der Waals surface area (Å²) in [4.78, 5) is 27.7. The Morgan fingerprint density at radius 2 is 2.23 bits per heavy atom. The first-order chi connectivity index (χ1) is 12.6. The minimum Gasteiger partial charge on any atom is -0.369 e. The van der Waals surface area contributed by atoms with E-state index < -0.39 is 0 Å². The number of aryl methyl sites for hydroxylation is 1. The number of ether oxygens (including phenoxy) is 1. The summed E-state index contributed by atoms with van der Waals surface area (Å²) < 4.78 is 7.96. The van der Waals surface area contributed by atoms with Crippen molar-refractivity contribution >= 4 is 11.9 Å². The lowest BCUT2D eigenvalue weighted by molar-refractivity contribution is -0.135. The van der Waals surface area contributed by atoms with Crippen molar-refractivity contribution < 1.29 is 9.53 Å². The van der Waals surface area contributed by atoms with Crippen molar-refractivity contribution in [2.75, 3.05) is 25.6 Å². The largest absolute Gasteiger partial charge is 0.369 e. The van der Waals surface area contributed by atoms with E-state index in [9.17, 15) is 4.79 Å². The van der Waals surface area contributed by atoms with Gasteiger partial charge >= 0.3 is 0 Å².